The largest absolute Gasteiger partial charge is 0.376 e. The lowest BCUT2D eigenvalue weighted by molar-refractivity contribution is 0.130. The van der Waals surface area contributed by atoms with Gasteiger partial charge in [-0.3, -0.25) is 9.36 Å². The molecule has 2 rings (SSSR count). The van der Waals surface area contributed by atoms with Crippen LogP contribution in [0.5, 0.6) is 0 Å². The molecule has 0 spiro atoms. The predicted octanol–water partition coefficient (Wildman–Crippen LogP) is 0.408. The summed E-state index contributed by atoms with van der Waals surface area (Å²) in [7, 11) is 0. The molecule has 5 nitrogen and oxygen atoms in total. The minimum atomic E-state index is -0.320. The lowest BCUT2D eigenvalue weighted by Gasteiger charge is -2.04. The van der Waals surface area contributed by atoms with Crippen LogP contribution >= 0.6 is 0 Å². The Bertz CT molecular complexity index is 425. The highest BCUT2D eigenvalue weighted by Gasteiger charge is 2.26. The molecule has 82 valence electrons. The van der Waals surface area contributed by atoms with Crippen molar-refractivity contribution < 1.29 is 4.74 Å². The van der Waals surface area contributed by atoms with Gasteiger partial charge in [0.2, 0.25) is 0 Å². The maximum absolute atomic E-state index is 11.6. The molecule has 1 fully saturated rings. The average molecular weight is 210 g/mol. The van der Waals surface area contributed by atoms with Gasteiger partial charge in [-0.15, -0.1) is 0 Å². The summed E-state index contributed by atoms with van der Waals surface area (Å²) >= 11 is 0. The van der Waals surface area contributed by atoms with Gasteiger partial charge in [-0.1, -0.05) is 0 Å². The number of ether oxygens (including phenoxy) is 1. The molecular weight excluding hydrogens is 196 g/mol. The minimum absolute atomic E-state index is 0.113. The second-order valence-corrected chi connectivity index (χ2v) is 3.68. The molecule has 1 saturated carbocycles. The molecule has 1 aliphatic carbocycles. The zero-order chi connectivity index (χ0) is 10.8. The molecule has 0 aromatic carbocycles. The van der Waals surface area contributed by atoms with Gasteiger partial charge >= 0.3 is 5.69 Å². The van der Waals surface area contributed by atoms with Gasteiger partial charge in [0.1, 0.15) is 0 Å². The standard InChI is InChI=1S/C10H14N2O3/c1-2-15-6-7-5-9(13)12(8-3-4-8)10(14)11-7/h5,8H,2-4,6H2,1H3,(H,11,14). The zero-order valence-corrected chi connectivity index (χ0v) is 8.66. The minimum Gasteiger partial charge on any atom is -0.376 e. The van der Waals surface area contributed by atoms with Gasteiger partial charge in [0.05, 0.1) is 12.3 Å². The normalized spacial score (nSPS) is 15.5. The van der Waals surface area contributed by atoms with E-state index in [1.54, 1.807) is 0 Å². The lowest BCUT2D eigenvalue weighted by atomic mass is 10.4. The van der Waals surface area contributed by atoms with E-state index in [-0.39, 0.29) is 23.9 Å². The Kier molecular flexibility index (Phi) is 2.73. The van der Waals surface area contributed by atoms with Gasteiger partial charge in [-0.25, -0.2) is 4.79 Å². The third kappa shape index (κ3) is 2.18. The number of rotatable bonds is 4. The maximum atomic E-state index is 11.6. The van der Waals surface area contributed by atoms with E-state index < -0.39 is 0 Å². The van der Waals surface area contributed by atoms with Gasteiger partial charge in [0, 0.05) is 18.7 Å². The molecule has 0 unspecified atom stereocenters. The number of nitrogens with zero attached hydrogens (tertiary/aromatic N) is 1. The number of H-pyrrole nitrogens is 1. The van der Waals surface area contributed by atoms with Crippen molar-refractivity contribution in [2.75, 3.05) is 6.61 Å². The first kappa shape index (κ1) is 10.2. The summed E-state index contributed by atoms with van der Waals surface area (Å²) in [5.41, 5.74) is -0.000550. The predicted molar refractivity (Wildman–Crippen MR) is 54.9 cm³/mol. The van der Waals surface area contributed by atoms with Gasteiger partial charge in [0.15, 0.2) is 0 Å². The average Bonchev–Trinajstić information content (AvgIpc) is 2.97. The number of hydrogen-bond acceptors (Lipinski definition) is 3. The lowest BCUT2D eigenvalue weighted by Crippen LogP contribution is -2.34. The van der Waals surface area contributed by atoms with E-state index in [2.05, 4.69) is 4.98 Å². The molecule has 0 bridgehead atoms. The number of nitrogens with one attached hydrogen (secondary N) is 1. The van der Waals surface area contributed by atoms with Gasteiger partial charge < -0.3 is 9.72 Å². The van der Waals surface area contributed by atoms with Crippen molar-refractivity contribution in [2.45, 2.75) is 32.4 Å². The van der Waals surface area contributed by atoms with Crippen molar-refractivity contribution in [3.05, 3.63) is 32.6 Å². The highest BCUT2D eigenvalue weighted by atomic mass is 16.5. The summed E-state index contributed by atoms with van der Waals surface area (Å²) in [6, 6.07) is 1.55. The van der Waals surface area contributed by atoms with Crippen LogP contribution in [0, 0.1) is 0 Å². The Morgan fingerprint density at radius 1 is 1.53 bits per heavy atom. The van der Waals surface area contributed by atoms with Crippen LogP contribution in [0.4, 0.5) is 0 Å². The highest BCUT2D eigenvalue weighted by molar-refractivity contribution is 5.01. The Labute approximate surface area is 86.7 Å². The second-order valence-electron chi connectivity index (χ2n) is 3.68. The van der Waals surface area contributed by atoms with Crippen LogP contribution in [0.3, 0.4) is 0 Å². The number of aromatic nitrogens is 2. The fourth-order valence-corrected chi connectivity index (χ4v) is 1.52. The maximum Gasteiger partial charge on any atom is 0.328 e. The summed E-state index contributed by atoms with van der Waals surface area (Å²) in [5, 5.41) is 0. The molecular formula is C10H14N2O3. The molecule has 5 heteroatoms. The molecule has 0 saturated heterocycles. The van der Waals surface area contributed by atoms with Crippen molar-refractivity contribution in [1.29, 1.82) is 0 Å². The van der Waals surface area contributed by atoms with E-state index >= 15 is 0 Å². The Hall–Kier alpha value is -1.36. The van der Waals surface area contributed by atoms with Crippen LogP contribution in [0.1, 0.15) is 31.5 Å². The Morgan fingerprint density at radius 3 is 2.80 bits per heavy atom. The molecule has 0 amide bonds. The monoisotopic (exact) mass is 210 g/mol. The van der Waals surface area contributed by atoms with E-state index in [1.807, 2.05) is 6.92 Å². The van der Waals surface area contributed by atoms with Crippen molar-refractivity contribution >= 4 is 0 Å². The molecule has 1 N–H and O–H groups in total. The van der Waals surface area contributed by atoms with E-state index in [0.29, 0.717) is 12.3 Å². The quantitative estimate of drug-likeness (QED) is 0.782. The molecule has 1 heterocycles. The molecule has 15 heavy (non-hydrogen) atoms. The van der Waals surface area contributed by atoms with Crippen LogP contribution < -0.4 is 11.2 Å². The summed E-state index contributed by atoms with van der Waals surface area (Å²) in [6.45, 7) is 2.71. The molecule has 0 radical (unpaired) electrons. The summed E-state index contributed by atoms with van der Waals surface area (Å²) in [5.74, 6) is 0. The fraction of sp³-hybridized carbons (Fsp3) is 0.600. The summed E-state index contributed by atoms with van der Waals surface area (Å²) in [6.07, 6.45) is 1.85. The Morgan fingerprint density at radius 2 is 2.27 bits per heavy atom. The topological polar surface area (TPSA) is 64.1 Å². The van der Waals surface area contributed by atoms with Crippen molar-refractivity contribution in [3.8, 4) is 0 Å². The smallest absolute Gasteiger partial charge is 0.328 e. The first-order chi connectivity index (χ1) is 7.22. The van der Waals surface area contributed by atoms with Crippen molar-refractivity contribution in [2.24, 2.45) is 0 Å². The summed E-state index contributed by atoms with van der Waals surface area (Å²) < 4.78 is 6.41. The van der Waals surface area contributed by atoms with Crippen LogP contribution in [-0.4, -0.2) is 16.2 Å². The van der Waals surface area contributed by atoms with Crippen LogP contribution in [0.15, 0.2) is 15.7 Å². The molecule has 1 aromatic heterocycles. The zero-order valence-electron chi connectivity index (χ0n) is 8.66. The van der Waals surface area contributed by atoms with Crippen molar-refractivity contribution in [3.63, 3.8) is 0 Å². The SMILES string of the molecule is CCOCc1cc(=O)n(C2CC2)c(=O)[nH]1. The first-order valence-corrected chi connectivity index (χ1v) is 5.15. The van der Waals surface area contributed by atoms with Crippen LogP contribution in [-0.2, 0) is 11.3 Å². The second kappa shape index (κ2) is 4.02. The molecule has 1 aliphatic rings. The first-order valence-electron chi connectivity index (χ1n) is 5.15. The third-order valence-corrected chi connectivity index (χ3v) is 2.40. The van der Waals surface area contributed by atoms with E-state index in [4.69, 9.17) is 4.74 Å². The van der Waals surface area contributed by atoms with Gasteiger partial charge in [-0.2, -0.15) is 0 Å². The van der Waals surface area contributed by atoms with Gasteiger partial charge in [0.25, 0.3) is 5.56 Å². The number of hydrogen-bond donors (Lipinski definition) is 1. The summed E-state index contributed by atoms with van der Waals surface area (Å²) in [4.78, 5) is 25.8. The fourth-order valence-electron chi connectivity index (χ4n) is 1.52. The van der Waals surface area contributed by atoms with E-state index in [9.17, 15) is 9.59 Å². The van der Waals surface area contributed by atoms with Crippen LogP contribution in [0.25, 0.3) is 0 Å². The number of aromatic amines is 1. The van der Waals surface area contributed by atoms with Crippen LogP contribution in [0.2, 0.25) is 0 Å². The Balaban J connectivity index is 2.30. The van der Waals surface area contributed by atoms with E-state index in [0.717, 1.165) is 12.8 Å². The van der Waals surface area contributed by atoms with Crippen molar-refractivity contribution in [1.82, 2.24) is 9.55 Å². The highest BCUT2D eigenvalue weighted by Crippen LogP contribution is 2.31. The molecule has 0 aliphatic heterocycles. The molecule has 1 aromatic rings. The van der Waals surface area contributed by atoms with Gasteiger partial charge in [-0.05, 0) is 19.8 Å². The third-order valence-electron chi connectivity index (χ3n) is 2.40. The molecule has 0 atom stereocenters. The van der Waals surface area contributed by atoms with E-state index in [1.165, 1.54) is 10.6 Å².